The van der Waals surface area contributed by atoms with Gasteiger partial charge in [-0.05, 0) is 71.3 Å². The third-order valence-electron chi connectivity index (χ3n) is 6.00. The fourth-order valence-corrected chi connectivity index (χ4v) is 3.80. The highest BCUT2D eigenvalue weighted by Crippen LogP contribution is 2.22. The van der Waals surface area contributed by atoms with Gasteiger partial charge < -0.3 is 21.1 Å². The summed E-state index contributed by atoms with van der Waals surface area (Å²) in [6.07, 6.45) is 1.51. The number of nitrogen functional groups attached to an aromatic ring is 1. The number of esters is 1. The van der Waals surface area contributed by atoms with Crippen LogP contribution in [0.1, 0.15) is 37.4 Å². The molecule has 0 aliphatic heterocycles. The molecule has 2 amide bonds. The van der Waals surface area contributed by atoms with Crippen LogP contribution in [0.2, 0.25) is 0 Å². The third kappa shape index (κ3) is 6.76. The van der Waals surface area contributed by atoms with Gasteiger partial charge in [0, 0.05) is 17.7 Å². The fourth-order valence-electron chi connectivity index (χ4n) is 3.80. The summed E-state index contributed by atoms with van der Waals surface area (Å²) in [7, 11) is 1.27. The molecule has 0 unspecified atom stereocenters. The largest absolute Gasteiger partial charge is 0.465 e. The van der Waals surface area contributed by atoms with E-state index in [1.165, 1.54) is 31.4 Å². The van der Waals surface area contributed by atoms with E-state index in [9.17, 15) is 23.2 Å². The lowest BCUT2D eigenvalue weighted by molar-refractivity contribution is -0.115. The van der Waals surface area contributed by atoms with Crippen molar-refractivity contribution in [1.82, 2.24) is 5.32 Å². The molecule has 4 aromatic carbocycles. The number of carbonyl (C=O) groups is 3. The Bertz CT molecular complexity index is 1580. The number of anilines is 2. The number of hydrogen-bond donors (Lipinski definition) is 3. The fraction of sp³-hybridized carbons (Fsp3) is 0.0645. The second-order valence-corrected chi connectivity index (χ2v) is 8.72. The quantitative estimate of drug-likeness (QED) is 0.119. The van der Waals surface area contributed by atoms with Crippen LogP contribution in [0.5, 0.6) is 0 Å². The number of amides is 2. The van der Waals surface area contributed by atoms with Gasteiger partial charge in [0.2, 0.25) is 0 Å². The summed E-state index contributed by atoms with van der Waals surface area (Å²) in [5, 5.41) is 5.52. The first-order chi connectivity index (χ1) is 19.2. The Labute approximate surface area is 229 Å². The van der Waals surface area contributed by atoms with Gasteiger partial charge in [-0.15, -0.1) is 0 Å². The summed E-state index contributed by atoms with van der Waals surface area (Å²) in [4.78, 5) is 37.5. The predicted octanol–water partition coefficient (Wildman–Crippen LogP) is 5.44. The summed E-state index contributed by atoms with van der Waals surface area (Å²) in [5.41, 5.74) is 9.05. The van der Waals surface area contributed by atoms with E-state index in [0.29, 0.717) is 33.6 Å². The van der Waals surface area contributed by atoms with Crippen LogP contribution in [-0.2, 0) is 16.1 Å². The molecule has 0 saturated heterocycles. The molecule has 0 atom stereocenters. The second-order valence-electron chi connectivity index (χ2n) is 8.72. The molecule has 0 fully saturated rings. The van der Waals surface area contributed by atoms with Crippen LogP contribution in [0, 0.1) is 11.6 Å². The number of nitrogens with two attached hydrogens (primary N) is 1. The van der Waals surface area contributed by atoms with Crippen molar-refractivity contribution in [1.29, 1.82) is 0 Å². The molecule has 202 valence electrons. The van der Waals surface area contributed by atoms with E-state index >= 15 is 0 Å². The van der Waals surface area contributed by atoms with E-state index in [1.807, 2.05) is 0 Å². The number of halogens is 2. The van der Waals surface area contributed by atoms with E-state index in [2.05, 4.69) is 10.6 Å². The zero-order valence-electron chi connectivity index (χ0n) is 21.4. The molecule has 7 nitrogen and oxygen atoms in total. The normalized spacial score (nSPS) is 11.0. The number of methoxy groups -OCH3 is 1. The first-order valence-electron chi connectivity index (χ1n) is 12.1. The molecule has 4 aromatic rings. The summed E-state index contributed by atoms with van der Waals surface area (Å²) in [6.45, 7) is 0.106. The summed E-state index contributed by atoms with van der Waals surface area (Å²) < 4.78 is 32.3. The third-order valence-corrected chi connectivity index (χ3v) is 6.00. The van der Waals surface area contributed by atoms with Crippen molar-refractivity contribution in [3.63, 3.8) is 0 Å². The van der Waals surface area contributed by atoms with Gasteiger partial charge in [0.25, 0.3) is 11.8 Å². The highest BCUT2D eigenvalue weighted by Gasteiger charge is 2.16. The minimum absolute atomic E-state index is 0.0844. The minimum Gasteiger partial charge on any atom is -0.465 e. The maximum Gasteiger partial charge on any atom is 0.337 e. The van der Waals surface area contributed by atoms with Crippen LogP contribution in [0.3, 0.4) is 0 Å². The van der Waals surface area contributed by atoms with Gasteiger partial charge >= 0.3 is 5.97 Å². The van der Waals surface area contributed by atoms with Crippen LogP contribution < -0.4 is 16.4 Å². The predicted molar refractivity (Wildman–Crippen MR) is 149 cm³/mol. The van der Waals surface area contributed by atoms with Crippen LogP contribution >= 0.6 is 0 Å². The monoisotopic (exact) mass is 541 g/mol. The Morgan fingerprint density at radius 3 is 2.12 bits per heavy atom. The number of nitrogens with one attached hydrogen (secondary N) is 2. The summed E-state index contributed by atoms with van der Waals surface area (Å²) in [5.74, 6) is -3.52. The average Bonchev–Trinajstić information content (AvgIpc) is 2.97. The van der Waals surface area contributed by atoms with Crippen LogP contribution in [0.25, 0.3) is 11.6 Å². The Morgan fingerprint density at radius 2 is 1.48 bits per heavy atom. The Kier molecular flexibility index (Phi) is 8.65. The number of hydrogen-bond acceptors (Lipinski definition) is 5. The lowest BCUT2D eigenvalue weighted by Crippen LogP contribution is -2.24. The first-order valence-corrected chi connectivity index (χ1v) is 12.1. The summed E-state index contributed by atoms with van der Waals surface area (Å²) >= 11 is 0. The Hall–Kier alpha value is -5.31. The Balaban J connectivity index is 1.50. The molecule has 0 aromatic heterocycles. The topological polar surface area (TPSA) is 111 Å². The molecule has 0 aliphatic carbocycles. The molecule has 0 aliphatic rings. The molecule has 0 heterocycles. The number of carbonyl (C=O) groups excluding carboxylic acids is 3. The molecule has 4 rings (SSSR count). The number of para-hydroxylation sites is 2. The van der Waals surface area contributed by atoms with E-state index in [4.69, 9.17) is 10.5 Å². The molecule has 0 spiro atoms. The van der Waals surface area contributed by atoms with Crippen LogP contribution in [0.4, 0.5) is 20.2 Å². The first kappa shape index (κ1) is 27.7. The van der Waals surface area contributed by atoms with E-state index < -0.39 is 23.5 Å². The van der Waals surface area contributed by atoms with Crippen molar-refractivity contribution in [3.05, 3.63) is 130 Å². The van der Waals surface area contributed by atoms with E-state index in [-0.39, 0.29) is 23.6 Å². The van der Waals surface area contributed by atoms with Gasteiger partial charge in [-0.25, -0.2) is 13.6 Å². The molecule has 4 N–H and O–H groups in total. The van der Waals surface area contributed by atoms with Crippen LogP contribution in [0.15, 0.2) is 91.0 Å². The maximum absolute atomic E-state index is 14.0. The SMILES string of the molecule is COC(=O)c1ccc(C=C(C(=O)NCc2ccc(C(=O)Nc3ccccc3N)cc2)c2ccc(F)c(F)c2)cc1. The van der Waals surface area contributed by atoms with E-state index in [1.54, 1.807) is 60.7 Å². The van der Waals surface area contributed by atoms with Crippen molar-refractivity contribution in [2.75, 3.05) is 18.2 Å². The zero-order valence-corrected chi connectivity index (χ0v) is 21.4. The smallest absolute Gasteiger partial charge is 0.337 e. The van der Waals surface area contributed by atoms with Gasteiger partial charge in [0.05, 0.1) is 24.0 Å². The maximum atomic E-state index is 14.0. The molecule has 0 saturated carbocycles. The average molecular weight is 542 g/mol. The summed E-state index contributed by atoms with van der Waals surface area (Å²) in [6, 6.07) is 23.0. The molecule has 0 radical (unpaired) electrons. The molecule has 0 bridgehead atoms. The highest BCUT2D eigenvalue weighted by atomic mass is 19.2. The van der Waals surface area contributed by atoms with E-state index in [0.717, 1.165) is 12.1 Å². The van der Waals surface area contributed by atoms with Crippen molar-refractivity contribution < 1.29 is 27.9 Å². The van der Waals surface area contributed by atoms with Gasteiger partial charge in [0.1, 0.15) is 0 Å². The lowest BCUT2D eigenvalue weighted by Gasteiger charge is -2.11. The number of benzene rings is 4. The van der Waals surface area contributed by atoms with Crippen molar-refractivity contribution in [2.24, 2.45) is 0 Å². The molecular weight excluding hydrogens is 516 g/mol. The van der Waals surface area contributed by atoms with Gasteiger partial charge in [-0.3, -0.25) is 9.59 Å². The zero-order chi connectivity index (χ0) is 28.6. The number of rotatable bonds is 8. The van der Waals surface area contributed by atoms with Crippen molar-refractivity contribution in [2.45, 2.75) is 6.54 Å². The van der Waals surface area contributed by atoms with Crippen molar-refractivity contribution in [3.8, 4) is 0 Å². The van der Waals surface area contributed by atoms with Gasteiger partial charge in [-0.2, -0.15) is 0 Å². The number of ether oxygens (including phenoxy) is 1. The minimum atomic E-state index is -1.09. The highest BCUT2D eigenvalue weighted by molar-refractivity contribution is 6.24. The van der Waals surface area contributed by atoms with Gasteiger partial charge in [0.15, 0.2) is 11.6 Å². The Morgan fingerprint density at radius 1 is 0.825 bits per heavy atom. The molecular formula is C31H25F2N3O4. The lowest BCUT2D eigenvalue weighted by atomic mass is 10.0. The van der Waals surface area contributed by atoms with Gasteiger partial charge in [-0.1, -0.05) is 42.5 Å². The second kappa shape index (κ2) is 12.5. The van der Waals surface area contributed by atoms with Crippen LogP contribution in [-0.4, -0.2) is 24.9 Å². The molecule has 9 heteroatoms. The van der Waals surface area contributed by atoms with Crippen molar-refractivity contribution >= 4 is 40.8 Å². The molecule has 40 heavy (non-hydrogen) atoms. The standard InChI is InChI=1S/C31H25F2N3O4/c1-40-31(39)22-12-6-19(7-13-22)16-24(23-14-15-25(32)26(33)17-23)30(38)35-18-20-8-10-21(11-9-20)29(37)36-28-5-3-2-4-27(28)34/h2-17H,18,34H2,1H3,(H,35,38)(H,36,37).